The Kier molecular flexibility index (Phi) is 4.66. The summed E-state index contributed by atoms with van der Waals surface area (Å²) in [5.74, 6) is -0.457. The molecular formula is C21H23FN4O. The molecule has 1 aliphatic heterocycles. The number of para-hydroxylation sites is 1. The van der Waals surface area contributed by atoms with E-state index < -0.39 is 5.91 Å². The van der Waals surface area contributed by atoms with Gasteiger partial charge in [-0.15, -0.1) is 0 Å². The second kappa shape index (κ2) is 7.12. The first kappa shape index (κ1) is 17.7. The van der Waals surface area contributed by atoms with Gasteiger partial charge in [-0.3, -0.25) is 9.69 Å². The Morgan fingerprint density at radius 3 is 2.96 bits per heavy atom. The topological polar surface area (TPSA) is 75.0 Å². The molecule has 27 heavy (non-hydrogen) atoms. The molecule has 3 aromatic rings. The number of hydrogen-bond acceptors (Lipinski definition) is 3. The molecule has 1 saturated heterocycles. The van der Waals surface area contributed by atoms with Gasteiger partial charge in [-0.1, -0.05) is 19.1 Å². The van der Waals surface area contributed by atoms with Gasteiger partial charge in [0.25, 0.3) is 5.91 Å². The lowest BCUT2D eigenvalue weighted by Crippen LogP contribution is -2.24. The van der Waals surface area contributed by atoms with E-state index in [1.807, 2.05) is 6.07 Å². The van der Waals surface area contributed by atoms with Gasteiger partial charge in [-0.25, -0.2) is 9.37 Å². The van der Waals surface area contributed by atoms with Gasteiger partial charge in [0.2, 0.25) is 0 Å². The highest BCUT2D eigenvalue weighted by molar-refractivity contribution is 6.04. The number of nitrogens with zero attached hydrogens (tertiary/aromatic N) is 2. The zero-order chi connectivity index (χ0) is 19.0. The molecule has 140 valence electrons. The van der Waals surface area contributed by atoms with Gasteiger partial charge in [0.05, 0.1) is 16.6 Å². The molecule has 1 amide bonds. The van der Waals surface area contributed by atoms with E-state index in [0.717, 1.165) is 37.9 Å². The van der Waals surface area contributed by atoms with Gasteiger partial charge >= 0.3 is 0 Å². The number of imidazole rings is 1. The van der Waals surface area contributed by atoms with Crippen LogP contribution in [0.5, 0.6) is 0 Å². The summed E-state index contributed by atoms with van der Waals surface area (Å²) in [7, 11) is 0. The minimum Gasteiger partial charge on any atom is -0.366 e. The molecule has 0 spiro atoms. The van der Waals surface area contributed by atoms with Crippen molar-refractivity contribution in [1.82, 2.24) is 14.9 Å². The molecule has 1 aliphatic rings. The molecule has 5 nitrogen and oxygen atoms in total. The number of likely N-dealkylation sites (tertiary alicyclic amines) is 1. The number of amides is 1. The molecule has 1 aromatic heterocycles. The third kappa shape index (κ3) is 3.21. The summed E-state index contributed by atoms with van der Waals surface area (Å²) in [6.45, 7) is 4.27. The van der Waals surface area contributed by atoms with E-state index in [1.54, 1.807) is 30.3 Å². The van der Waals surface area contributed by atoms with E-state index in [4.69, 9.17) is 5.73 Å². The summed E-state index contributed by atoms with van der Waals surface area (Å²) < 4.78 is 14.9. The highest BCUT2D eigenvalue weighted by atomic mass is 19.1. The molecular weight excluding hydrogens is 343 g/mol. The number of hydrogen-bond donors (Lipinski definition) is 2. The highest BCUT2D eigenvalue weighted by Crippen LogP contribution is 2.34. The first-order valence-corrected chi connectivity index (χ1v) is 9.41. The van der Waals surface area contributed by atoms with Crippen molar-refractivity contribution in [2.75, 3.05) is 13.1 Å². The zero-order valence-electron chi connectivity index (χ0n) is 15.3. The van der Waals surface area contributed by atoms with Gasteiger partial charge in [-0.05, 0) is 62.2 Å². The maximum atomic E-state index is 14.9. The minimum absolute atomic E-state index is 0.283. The van der Waals surface area contributed by atoms with Crippen LogP contribution in [0.2, 0.25) is 0 Å². The van der Waals surface area contributed by atoms with E-state index in [0.29, 0.717) is 28.0 Å². The van der Waals surface area contributed by atoms with Crippen LogP contribution in [0.3, 0.4) is 0 Å². The van der Waals surface area contributed by atoms with Crippen LogP contribution >= 0.6 is 0 Å². The number of fused-ring (bicyclic) bond motifs is 1. The standard InChI is InChI=1S/C21H23FN4O/c1-2-10-26-11-4-7-18(26)13-8-9-14(16(22)12-13)21-24-17-6-3-5-15(20(23)27)19(17)25-21/h3,5-6,8-9,12,18H,2,4,7,10-11H2,1H3,(H2,23,27)(H,24,25). The maximum absolute atomic E-state index is 14.9. The molecule has 1 unspecified atom stereocenters. The van der Waals surface area contributed by atoms with E-state index >= 15 is 0 Å². The fourth-order valence-corrected chi connectivity index (χ4v) is 4.05. The molecule has 0 bridgehead atoms. The monoisotopic (exact) mass is 366 g/mol. The molecule has 1 fully saturated rings. The highest BCUT2D eigenvalue weighted by Gasteiger charge is 2.26. The minimum atomic E-state index is -0.549. The first-order valence-electron chi connectivity index (χ1n) is 9.41. The average Bonchev–Trinajstić information content (AvgIpc) is 3.28. The van der Waals surface area contributed by atoms with Crippen molar-refractivity contribution in [3.8, 4) is 11.4 Å². The predicted molar refractivity (Wildman–Crippen MR) is 104 cm³/mol. The third-order valence-electron chi connectivity index (χ3n) is 5.29. The van der Waals surface area contributed by atoms with Crippen LogP contribution < -0.4 is 5.73 Å². The van der Waals surface area contributed by atoms with E-state index in [2.05, 4.69) is 21.8 Å². The lowest BCUT2D eigenvalue weighted by atomic mass is 10.0. The van der Waals surface area contributed by atoms with Crippen molar-refractivity contribution >= 4 is 16.9 Å². The molecule has 3 N–H and O–H groups in total. The van der Waals surface area contributed by atoms with E-state index in [-0.39, 0.29) is 11.9 Å². The predicted octanol–water partition coefficient (Wildman–Crippen LogP) is 4.01. The Morgan fingerprint density at radius 1 is 1.37 bits per heavy atom. The Morgan fingerprint density at radius 2 is 2.22 bits per heavy atom. The second-order valence-corrected chi connectivity index (χ2v) is 7.08. The summed E-state index contributed by atoms with van der Waals surface area (Å²) in [4.78, 5) is 21.5. The van der Waals surface area contributed by atoms with Gasteiger partial charge in [0.15, 0.2) is 0 Å². The lowest BCUT2D eigenvalue weighted by Gasteiger charge is -2.24. The smallest absolute Gasteiger partial charge is 0.250 e. The fraction of sp³-hybridized carbons (Fsp3) is 0.333. The maximum Gasteiger partial charge on any atom is 0.250 e. The quantitative estimate of drug-likeness (QED) is 0.716. The summed E-state index contributed by atoms with van der Waals surface area (Å²) in [6.07, 6.45) is 3.30. The van der Waals surface area contributed by atoms with Crippen LogP contribution in [-0.4, -0.2) is 33.9 Å². The second-order valence-electron chi connectivity index (χ2n) is 7.08. The number of aromatic amines is 1. The van der Waals surface area contributed by atoms with Crippen molar-refractivity contribution in [2.24, 2.45) is 5.73 Å². The van der Waals surface area contributed by atoms with Crippen molar-refractivity contribution in [3.05, 3.63) is 53.3 Å². The van der Waals surface area contributed by atoms with Crippen molar-refractivity contribution < 1.29 is 9.18 Å². The number of carbonyl (C=O) groups is 1. The zero-order valence-corrected chi connectivity index (χ0v) is 15.3. The number of rotatable bonds is 5. The largest absolute Gasteiger partial charge is 0.366 e. The Hall–Kier alpha value is -2.73. The molecule has 4 rings (SSSR count). The molecule has 6 heteroatoms. The average molecular weight is 366 g/mol. The van der Waals surface area contributed by atoms with Gasteiger partial charge in [0.1, 0.15) is 17.2 Å². The SMILES string of the molecule is CCCN1CCCC1c1ccc(-c2nc3c(C(N)=O)cccc3[nH]2)c(F)c1. The summed E-state index contributed by atoms with van der Waals surface area (Å²) >= 11 is 0. The normalized spacial score (nSPS) is 17.6. The number of H-pyrrole nitrogens is 1. The Balaban J connectivity index is 1.70. The van der Waals surface area contributed by atoms with E-state index in [9.17, 15) is 9.18 Å². The van der Waals surface area contributed by atoms with Crippen LogP contribution in [-0.2, 0) is 0 Å². The van der Waals surface area contributed by atoms with Crippen LogP contribution in [0.15, 0.2) is 36.4 Å². The number of nitrogens with two attached hydrogens (primary N) is 1. The Bertz CT molecular complexity index is 997. The molecule has 0 saturated carbocycles. The summed E-state index contributed by atoms with van der Waals surface area (Å²) in [5.41, 5.74) is 8.27. The lowest BCUT2D eigenvalue weighted by molar-refractivity contribution is 0.100. The van der Waals surface area contributed by atoms with Crippen molar-refractivity contribution in [1.29, 1.82) is 0 Å². The number of aromatic nitrogens is 2. The van der Waals surface area contributed by atoms with Gasteiger partial charge in [0, 0.05) is 6.04 Å². The summed E-state index contributed by atoms with van der Waals surface area (Å²) in [6, 6.07) is 10.8. The van der Waals surface area contributed by atoms with Crippen molar-refractivity contribution in [2.45, 2.75) is 32.2 Å². The van der Waals surface area contributed by atoms with Crippen molar-refractivity contribution in [3.63, 3.8) is 0 Å². The molecule has 0 radical (unpaired) electrons. The van der Waals surface area contributed by atoms with Crippen LogP contribution in [0.25, 0.3) is 22.4 Å². The molecule has 0 aliphatic carbocycles. The molecule has 2 heterocycles. The third-order valence-corrected chi connectivity index (χ3v) is 5.29. The Labute approximate surface area is 157 Å². The molecule has 2 aromatic carbocycles. The fourth-order valence-electron chi connectivity index (χ4n) is 4.05. The number of primary amides is 1. The number of benzene rings is 2. The van der Waals surface area contributed by atoms with E-state index in [1.165, 1.54) is 0 Å². The van der Waals surface area contributed by atoms with Crippen LogP contribution in [0, 0.1) is 5.82 Å². The van der Waals surface area contributed by atoms with Crippen LogP contribution in [0.4, 0.5) is 4.39 Å². The summed E-state index contributed by atoms with van der Waals surface area (Å²) in [5, 5.41) is 0. The molecule has 1 atom stereocenters. The number of nitrogens with one attached hydrogen (secondary N) is 1. The number of carbonyl (C=O) groups excluding carboxylic acids is 1. The number of halogens is 1. The first-order chi connectivity index (χ1) is 13.1. The van der Waals surface area contributed by atoms with Gasteiger partial charge in [-0.2, -0.15) is 0 Å². The van der Waals surface area contributed by atoms with Gasteiger partial charge < -0.3 is 10.7 Å². The van der Waals surface area contributed by atoms with Crippen LogP contribution in [0.1, 0.15) is 48.1 Å².